The normalized spacial score (nSPS) is 12.5. The van der Waals surface area contributed by atoms with Crippen LogP contribution in [0.2, 0.25) is 0 Å². The van der Waals surface area contributed by atoms with Crippen LogP contribution in [0.5, 0.6) is 0 Å². The van der Waals surface area contributed by atoms with Crippen LogP contribution in [0.3, 0.4) is 0 Å². The number of likely N-dealkylation sites (N-methyl/N-ethyl adjacent to an activating group) is 1. The smallest absolute Gasteiger partial charge is 0.224 e. The lowest BCUT2D eigenvalue weighted by atomic mass is 10.3. The quantitative estimate of drug-likeness (QED) is 0.285. The van der Waals surface area contributed by atoms with Crippen molar-refractivity contribution in [3.05, 3.63) is 0 Å². The van der Waals surface area contributed by atoms with Crippen molar-refractivity contribution in [3.63, 3.8) is 0 Å². The number of rotatable bonds is 11. The molecule has 1 unspecified atom stereocenters. The van der Waals surface area contributed by atoms with Crippen LogP contribution in [0.1, 0.15) is 48.0 Å². The van der Waals surface area contributed by atoms with Crippen LogP contribution in [0, 0.1) is 0 Å². The van der Waals surface area contributed by atoms with E-state index < -0.39 is 0 Å². The number of nitrogens with one attached hydrogen (secondary N) is 2. The second-order valence-corrected chi connectivity index (χ2v) is 5.53. The second-order valence-electron chi connectivity index (χ2n) is 5.53. The molecule has 0 aromatic heterocycles. The molecule has 0 bridgehead atoms. The van der Waals surface area contributed by atoms with E-state index in [1.807, 2.05) is 25.7 Å². The van der Waals surface area contributed by atoms with Gasteiger partial charge in [0.15, 0.2) is 5.96 Å². The highest BCUT2D eigenvalue weighted by Gasteiger charge is 2.11. The summed E-state index contributed by atoms with van der Waals surface area (Å²) < 4.78 is 0. The van der Waals surface area contributed by atoms with Crippen molar-refractivity contribution in [1.29, 1.82) is 0 Å². The van der Waals surface area contributed by atoms with Gasteiger partial charge in [0.1, 0.15) is 0 Å². The van der Waals surface area contributed by atoms with Gasteiger partial charge < -0.3 is 15.5 Å². The zero-order valence-electron chi connectivity index (χ0n) is 16.4. The summed E-state index contributed by atoms with van der Waals surface area (Å²) in [5.74, 6) is 0.980. The van der Waals surface area contributed by atoms with E-state index in [1.165, 1.54) is 0 Å². The van der Waals surface area contributed by atoms with E-state index in [2.05, 4.69) is 41.3 Å². The van der Waals surface area contributed by atoms with Crippen molar-refractivity contribution < 1.29 is 4.79 Å². The van der Waals surface area contributed by atoms with Crippen molar-refractivity contribution in [2.45, 2.75) is 54.0 Å². The van der Waals surface area contributed by atoms with Gasteiger partial charge in [-0.15, -0.1) is 24.0 Å². The lowest BCUT2D eigenvalue weighted by Crippen LogP contribution is -2.41. The van der Waals surface area contributed by atoms with Crippen molar-refractivity contribution in [3.8, 4) is 0 Å². The monoisotopic (exact) mass is 455 g/mol. The molecule has 0 aliphatic heterocycles. The van der Waals surface area contributed by atoms with Gasteiger partial charge in [-0.3, -0.25) is 14.7 Å². The highest BCUT2D eigenvalue weighted by molar-refractivity contribution is 14.0. The Morgan fingerprint density at radius 3 is 2.04 bits per heavy atom. The molecule has 1 atom stereocenters. The van der Waals surface area contributed by atoms with Crippen LogP contribution < -0.4 is 10.6 Å². The third kappa shape index (κ3) is 10.3. The van der Waals surface area contributed by atoms with E-state index in [9.17, 15) is 4.79 Å². The number of aliphatic imine (C=N–C) groups is 1. The Kier molecular flexibility index (Phi) is 17.0. The van der Waals surface area contributed by atoms with Crippen molar-refractivity contribution in [2.75, 3.05) is 45.8 Å². The second kappa shape index (κ2) is 15.9. The first kappa shape index (κ1) is 25.7. The van der Waals surface area contributed by atoms with Crippen LogP contribution in [0.25, 0.3) is 0 Å². The van der Waals surface area contributed by atoms with Crippen LogP contribution >= 0.6 is 24.0 Å². The van der Waals surface area contributed by atoms with Crippen molar-refractivity contribution in [1.82, 2.24) is 20.4 Å². The van der Waals surface area contributed by atoms with E-state index in [-0.39, 0.29) is 29.9 Å². The minimum Gasteiger partial charge on any atom is -0.357 e. The van der Waals surface area contributed by atoms with Gasteiger partial charge >= 0.3 is 0 Å². The van der Waals surface area contributed by atoms with Gasteiger partial charge in [0.25, 0.3) is 0 Å². The number of hydrogen-bond donors (Lipinski definition) is 2. The molecule has 0 radical (unpaired) electrons. The maximum Gasteiger partial charge on any atom is 0.224 e. The first-order chi connectivity index (χ1) is 11.0. The minimum atomic E-state index is 0. The average molecular weight is 455 g/mol. The molecule has 6 nitrogen and oxygen atoms in total. The number of nitrogens with zero attached hydrogens (tertiary/aromatic N) is 3. The van der Waals surface area contributed by atoms with Crippen LogP contribution in [-0.4, -0.2) is 73.5 Å². The van der Waals surface area contributed by atoms with Gasteiger partial charge in [-0.25, -0.2) is 0 Å². The Balaban J connectivity index is 0. The fourth-order valence-electron chi connectivity index (χ4n) is 2.55. The molecule has 0 saturated carbocycles. The first-order valence-electron chi connectivity index (χ1n) is 9.07. The summed E-state index contributed by atoms with van der Waals surface area (Å²) in [6, 6.07) is 0.415. The molecule has 0 rings (SSSR count). The fourth-order valence-corrected chi connectivity index (χ4v) is 2.55. The summed E-state index contributed by atoms with van der Waals surface area (Å²) in [7, 11) is 0. The summed E-state index contributed by atoms with van der Waals surface area (Å²) >= 11 is 0. The Labute approximate surface area is 165 Å². The molecular formula is C17H38IN5O. The number of amides is 1. The zero-order valence-corrected chi connectivity index (χ0v) is 18.7. The molecule has 0 spiro atoms. The van der Waals surface area contributed by atoms with Crippen LogP contribution in [-0.2, 0) is 4.79 Å². The predicted octanol–water partition coefficient (Wildman–Crippen LogP) is 2.15. The van der Waals surface area contributed by atoms with E-state index in [4.69, 9.17) is 0 Å². The molecule has 1 amide bonds. The first-order valence-corrected chi connectivity index (χ1v) is 9.07. The van der Waals surface area contributed by atoms with Gasteiger partial charge in [0, 0.05) is 38.6 Å². The zero-order chi connectivity index (χ0) is 17.7. The molecule has 2 N–H and O–H groups in total. The Morgan fingerprint density at radius 1 is 1.00 bits per heavy atom. The number of hydrogen-bond acceptors (Lipinski definition) is 3. The maximum atomic E-state index is 12.0. The predicted molar refractivity (Wildman–Crippen MR) is 114 cm³/mol. The topological polar surface area (TPSA) is 60.0 Å². The summed E-state index contributed by atoms with van der Waals surface area (Å²) in [4.78, 5) is 20.9. The molecule has 0 aliphatic rings. The highest BCUT2D eigenvalue weighted by Crippen LogP contribution is 1.98. The number of carbonyl (C=O) groups excluding carboxylic acids is 1. The minimum absolute atomic E-state index is 0. The highest BCUT2D eigenvalue weighted by atomic mass is 127. The Morgan fingerprint density at radius 2 is 1.58 bits per heavy atom. The van der Waals surface area contributed by atoms with Gasteiger partial charge in [0.05, 0.1) is 6.54 Å². The summed E-state index contributed by atoms with van der Waals surface area (Å²) in [6.07, 6.45) is 0.498. The summed E-state index contributed by atoms with van der Waals surface area (Å²) in [5, 5.41) is 6.50. The Hall–Kier alpha value is -0.570. The molecule has 0 heterocycles. The van der Waals surface area contributed by atoms with Crippen LogP contribution in [0.4, 0.5) is 0 Å². The Bertz CT molecular complexity index is 344. The van der Waals surface area contributed by atoms with Crippen molar-refractivity contribution in [2.24, 2.45) is 4.99 Å². The fraction of sp³-hybridized carbons (Fsp3) is 0.882. The van der Waals surface area contributed by atoms with Gasteiger partial charge in [-0.05, 0) is 40.8 Å². The molecular weight excluding hydrogens is 417 g/mol. The third-order valence-electron chi connectivity index (χ3n) is 4.04. The molecule has 0 aliphatic carbocycles. The molecule has 7 heteroatoms. The summed E-state index contributed by atoms with van der Waals surface area (Å²) in [6.45, 7) is 18.4. The van der Waals surface area contributed by atoms with E-state index in [0.29, 0.717) is 19.0 Å². The standard InChI is InChI=1S/C17H37N5O.HI/c1-7-18-17(20-14-15(6)21(8-2)9-3)19-13-12-16(23)22(10-4)11-5;/h15H,7-14H2,1-6H3,(H2,18,19,20);1H. The van der Waals surface area contributed by atoms with Crippen molar-refractivity contribution >= 4 is 35.8 Å². The number of carbonyl (C=O) groups is 1. The van der Waals surface area contributed by atoms with Gasteiger partial charge in [-0.1, -0.05) is 13.8 Å². The number of guanidine groups is 1. The third-order valence-corrected chi connectivity index (χ3v) is 4.04. The lowest BCUT2D eigenvalue weighted by Gasteiger charge is -2.25. The largest absolute Gasteiger partial charge is 0.357 e. The van der Waals surface area contributed by atoms with E-state index in [1.54, 1.807) is 0 Å². The molecule has 0 fully saturated rings. The van der Waals surface area contributed by atoms with E-state index in [0.717, 1.165) is 45.2 Å². The van der Waals surface area contributed by atoms with E-state index >= 15 is 0 Å². The molecule has 0 saturated heterocycles. The molecule has 0 aromatic carbocycles. The molecule has 144 valence electrons. The maximum absolute atomic E-state index is 12.0. The SMILES string of the molecule is CCNC(=NCC(C)N(CC)CC)NCCC(=O)N(CC)CC.I. The molecule has 24 heavy (non-hydrogen) atoms. The summed E-state index contributed by atoms with van der Waals surface area (Å²) in [5.41, 5.74) is 0. The lowest BCUT2D eigenvalue weighted by molar-refractivity contribution is -0.130. The van der Waals surface area contributed by atoms with Gasteiger partial charge in [0.2, 0.25) is 5.91 Å². The van der Waals surface area contributed by atoms with Gasteiger partial charge in [-0.2, -0.15) is 0 Å². The molecule has 0 aromatic rings. The van der Waals surface area contributed by atoms with Crippen LogP contribution in [0.15, 0.2) is 4.99 Å². The average Bonchev–Trinajstić information content (AvgIpc) is 2.54. The number of halogens is 1.